The van der Waals surface area contributed by atoms with Crippen LogP contribution in [-0.4, -0.2) is 46.2 Å². The third-order valence-electron chi connectivity index (χ3n) is 8.79. The number of ether oxygens (including phenoxy) is 3. The highest BCUT2D eigenvalue weighted by Gasteiger charge is 2.35. The number of amides is 2. The molecule has 3 N–H and O–H groups in total. The molecule has 2 amide bonds. The quantitative estimate of drug-likeness (QED) is 0.269. The van der Waals surface area contributed by atoms with Crippen LogP contribution in [0.4, 0.5) is 5.69 Å². The average Bonchev–Trinajstić information content (AvgIpc) is 3.53. The number of nitrogens with one attached hydrogen (secondary N) is 3. The van der Waals surface area contributed by atoms with Crippen molar-refractivity contribution in [1.82, 2.24) is 10.6 Å². The number of methoxy groups -OCH3 is 3. The predicted molar refractivity (Wildman–Crippen MR) is 162 cm³/mol. The predicted octanol–water partition coefficient (Wildman–Crippen LogP) is 4.38. The third-order valence-corrected chi connectivity index (χ3v) is 8.79. The molecule has 2 bridgehead atoms. The van der Waals surface area contributed by atoms with Crippen LogP contribution in [0.5, 0.6) is 17.2 Å². The van der Waals surface area contributed by atoms with Gasteiger partial charge in [-0.2, -0.15) is 0 Å². The third kappa shape index (κ3) is 6.10. The summed E-state index contributed by atoms with van der Waals surface area (Å²) in [5.74, 6) is 3.25. The molecule has 5 rings (SSSR count). The molecule has 0 heterocycles. The SMILES string of the molecule is COc1cc2c(c(OC)c1OC)-c1ccc(NCCCC(=O)NC[C@@H]3C[C@@H]4C=C[C@H]3C4)c(=O)cc1[C@@H](NC(C)=O)CC2. The molecule has 0 saturated heterocycles. The van der Waals surface area contributed by atoms with Gasteiger partial charge in [0.2, 0.25) is 23.0 Å². The standard InChI is InChI=1S/C33H41N3O6/c1-19(37)36-26-11-9-22-16-29(40-2)32(41-3)33(42-4)31(22)24-10-12-27(28(38)17-25(24)26)34-13-5-6-30(39)35-18-23-15-20-7-8-21(23)14-20/h7-8,10,12,16-17,20-21,23,26H,5-6,9,11,13-15,18H2,1-4H3,(H,34,38)(H,35,39)(H,36,37)/t20-,21+,23+,26+/m1/s1. The van der Waals surface area contributed by atoms with Crippen LogP contribution in [0.25, 0.3) is 11.1 Å². The summed E-state index contributed by atoms with van der Waals surface area (Å²) in [7, 11) is 4.72. The van der Waals surface area contributed by atoms with Crippen LogP contribution in [0, 0.1) is 17.8 Å². The molecule has 0 unspecified atom stereocenters. The van der Waals surface area contributed by atoms with Gasteiger partial charge in [-0.1, -0.05) is 18.2 Å². The number of hydrogen-bond acceptors (Lipinski definition) is 7. The molecular formula is C33H41N3O6. The molecule has 1 fully saturated rings. The number of hydrogen-bond donors (Lipinski definition) is 3. The van der Waals surface area contributed by atoms with Crippen molar-refractivity contribution in [3.05, 3.63) is 57.8 Å². The van der Waals surface area contributed by atoms with Gasteiger partial charge in [0.1, 0.15) is 0 Å². The molecule has 3 aliphatic carbocycles. The number of allylic oxidation sites excluding steroid dienone is 2. The number of benzene rings is 1. The first-order valence-corrected chi connectivity index (χ1v) is 14.8. The Bertz CT molecular complexity index is 1440. The molecule has 0 spiro atoms. The highest BCUT2D eigenvalue weighted by Crippen LogP contribution is 2.50. The van der Waals surface area contributed by atoms with E-state index in [1.807, 2.05) is 12.1 Å². The van der Waals surface area contributed by atoms with E-state index in [0.29, 0.717) is 78.5 Å². The molecule has 42 heavy (non-hydrogen) atoms. The number of aryl methyl sites for hydroxylation is 1. The van der Waals surface area contributed by atoms with Gasteiger partial charge >= 0.3 is 0 Å². The summed E-state index contributed by atoms with van der Waals surface area (Å²) in [5.41, 5.74) is 3.51. The molecular weight excluding hydrogens is 534 g/mol. The van der Waals surface area contributed by atoms with Crippen LogP contribution in [0.3, 0.4) is 0 Å². The molecule has 224 valence electrons. The lowest BCUT2D eigenvalue weighted by atomic mass is 9.93. The van der Waals surface area contributed by atoms with Gasteiger partial charge in [-0.3, -0.25) is 14.4 Å². The zero-order valence-corrected chi connectivity index (χ0v) is 24.9. The number of carbonyl (C=O) groups is 2. The summed E-state index contributed by atoms with van der Waals surface area (Å²) in [6.45, 7) is 2.69. The van der Waals surface area contributed by atoms with Gasteiger partial charge in [-0.25, -0.2) is 0 Å². The summed E-state index contributed by atoms with van der Waals surface area (Å²) in [5, 5.41) is 9.35. The highest BCUT2D eigenvalue weighted by molar-refractivity contribution is 5.83. The first kappa shape index (κ1) is 29.5. The van der Waals surface area contributed by atoms with E-state index in [4.69, 9.17) is 14.2 Å². The minimum absolute atomic E-state index is 0.0439. The van der Waals surface area contributed by atoms with Crippen LogP contribution in [0.15, 0.2) is 41.2 Å². The van der Waals surface area contributed by atoms with Gasteiger partial charge in [-0.15, -0.1) is 0 Å². The van der Waals surface area contributed by atoms with Gasteiger partial charge in [0.05, 0.1) is 33.1 Å². The zero-order valence-electron chi connectivity index (χ0n) is 24.9. The van der Waals surface area contributed by atoms with Crippen LogP contribution in [-0.2, 0) is 16.0 Å². The summed E-state index contributed by atoms with van der Waals surface area (Å²) in [6, 6.07) is 6.82. The normalized spacial score (nSPS) is 21.5. The van der Waals surface area contributed by atoms with E-state index in [9.17, 15) is 14.4 Å². The lowest BCUT2D eigenvalue weighted by molar-refractivity contribution is -0.121. The fraction of sp³-hybridized carbons (Fsp3) is 0.485. The zero-order chi connectivity index (χ0) is 29.8. The smallest absolute Gasteiger partial charge is 0.220 e. The summed E-state index contributed by atoms with van der Waals surface area (Å²) >= 11 is 0. The molecule has 3 aliphatic rings. The Morgan fingerprint density at radius 3 is 2.48 bits per heavy atom. The minimum Gasteiger partial charge on any atom is -0.493 e. The summed E-state index contributed by atoms with van der Waals surface area (Å²) in [6.07, 6.45) is 9.23. The topological polar surface area (TPSA) is 115 Å². The molecule has 0 radical (unpaired) electrons. The van der Waals surface area contributed by atoms with E-state index >= 15 is 0 Å². The van der Waals surface area contributed by atoms with Gasteiger partial charge in [0.25, 0.3) is 0 Å². The minimum atomic E-state index is -0.367. The van der Waals surface area contributed by atoms with Gasteiger partial charge < -0.3 is 30.2 Å². The van der Waals surface area contributed by atoms with E-state index in [1.165, 1.54) is 19.8 Å². The lowest BCUT2D eigenvalue weighted by Gasteiger charge is -2.19. The van der Waals surface area contributed by atoms with Gasteiger partial charge in [0, 0.05) is 32.0 Å². The fourth-order valence-corrected chi connectivity index (χ4v) is 6.79. The maximum atomic E-state index is 13.4. The average molecular weight is 576 g/mol. The number of rotatable bonds is 11. The molecule has 0 aliphatic heterocycles. The molecule has 2 aromatic carbocycles. The first-order chi connectivity index (χ1) is 20.3. The van der Waals surface area contributed by atoms with Crippen molar-refractivity contribution in [3.8, 4) is 28.4 Å². The van der Waals surface area contributed by atoms with Crippen molar-refractivity contribution in [1.29, 1.82) is 0 Å². The number of fused-ring (bicyclic) bond motifs is 5. The molecule has 2 aromatic rings. The van der Waals surface area contributed by atoms with Crippen molar-refractivity contribution in [2.24, 2.45) is 17.8 Å². The molecule has 9 heteroatoms. The van der Waals surface area contributed by atoms with Crippen molar-refractivity contribution >= 4 is 17.5 Å². The Kier molecular flexibility index (Phi) is 9.04. The number of carbonyl (C=O) groups excluding carboxylic acids is 2. The maximum absolute atomic E-state index is 13.4. The van der Waals surface area contributed by atoms with Crippen LogP contribution < -0.4 is 35.6 Å². The lowest BCUT2D eigenvalue weighted by Crippen LogP contribution is -2.31. The first-order valence-electron chi connectivity index (χ1n) is 14.8. The Morgan fingerprint density at radius 2 is 1.81 bits per heavy atom. The van der Waals surface area contributed by atoms with Crippen molar-refractivity contribution in [2.75, 3.05) is 39.7 Å². The summed E-state index contributed by atoms with van der Waals surface area (Å²) in [4.78, 5) is 38.0. The Labute approximate surface area is 247 Å². The molecule has 0 aromatic heterocycles. The van der Waals surface area contributed by atoms with Crippen molar-refractivity contribution in [3.63, 3.8) is 0 Å². The van der Waals surface area contributed by atoms with E-state index in [1.54, 1.807) is 33.5 Å². The Balaban J connectivity index is 1.35. The van der Waals surface area contributed by atoms with Gasteiger partial charge in [0.15, 0.2) is 11.5 Å². The Morgan fingerprint density at radius 1 is 1.00 bits per heavy atom. The molecule has 9 nitrogen and oxygen atoms in total. The molecule has 1 saturated carbocycles. The van der Waals surface area contributed by atoms with Crippen molar-refractivity contribution in [2.45, 2.75) is 51.5 Å². The van der Waals surface area contributed by atoms with E-state index in [2.05, 4.69) is 28.1 Å². The second-order valence-corrected chi connectivity index (χ2v) is 11.5. The van der Waals surface area contributed by atoms with Crippen LogP contribution in [0.2, 0.25) is 0 Å². The van der Waals surface area contributed by atoms with E-state index in [0.717, 1.165) is 23.2 Å². The second kappa shape index (κ2) is 12.9. The van der Waals surface area contributed by atoms with Gasteiger partial charge in [-0.05, 0) is 84.7 Å². The van der Waals surface area contributed by atoms with Crippen molar-refractivity contribution < 1.29 is 23.8 Å². The largest absolute Gasteiger partial charge is 0.493 e. The van der Waals surface area contributed by atoms with E-state index < -0.39 is 0 Å². The molecule has 4 atom stereocenters. The number of anilines is 1. The second-order valence-electron chi connectivity index (χ2n) is 11.5. The maximum Gasteiger partial charge on any atom is 0.220 e. The monoisotopic (exact) mass is 575 g/mol. The summed E-state index contributed by atoms with van der Waals surface area (Å²) < 4.78 is 17.1. The van der Waals surface area contributed by atoms with E-state index in [-0.39, 0.29) is 23.3 Å². The van der Waals surface area contributed by atoms with Crippen LogP contribution in [0.1, 0.15) is 56.2 Å². The fourth-order valence-electron chi connectivity index (χ4n) is 6.79. The van der Waals surface area contributed by atoms with Crippen LogP contribution >= 0.6 is 0 Å². The highest BCUT2D eigenvalue weighted by atomic mass is 16.5. The Hall–Kier alpha value is -4.01.